The largest absolute Gasteiger partial charge is 0.494 e. The average molecular weight is 345 g/mol. The first-order valence-electron chi connectivity index (χ1n) is 7.87. The maximum absolute atomic E-state index is 12.3. The van der Waals surface area contributed by atoms with E-state index in [0.717, 1.165) is 0 Å². The second kappa shape index (κ2) is 7.33. The van der Waals surface area contributed by atoms with E-state index in [4.69, 9.17) is 4.74 Å². The molecule has 1 heterocycles. The summed E-state index contributed by atoms with van der Waals surface area (Å²) < 4.78 is 6.78. The normalized spacial score (nSPS) is 12.4. The van der Waals surface area contributed by atoms with E-state index >= 15 is 0 Å². The Balaban J connectivity index is 2.13. The maximum Gasteiger partial charge on any atom is 0.249 e. The van der Waals surface area contributed by atoms with Crippen molar-refractivity contribution in [3.8, 4) is 5.75 Å². The first-order chi connectivity index (χ1) is 11.7. The Morgan fingerprint density at radius 2 is 1.96 bits per heavy atom. The van der Waals surface area contributed by atoms with Crippen molar-refractivity contribution in [2.75, 3.05) is 17.7 Å². The lowest BCUT2D eigenvalue weighted by Crippen LogP contribution is -2.28. The molecule has 134 valence electrons. The number of ether oxygens (including phenoxy) is 1. The monoisotopic (exact) mass is 345 g/mol. The number of carbonyl (C=O) groups is 2. The van der Waals surface area contributed by atoms with Gasteiger partial charge in [-0.1, -0.05) is 20.8 Å². The minimum absolute atomic E-state index is 0.123. The van der Waals surface area contributed by atoms with Crippen LogP contribution in [0.5, 0.6) is 5.75 Å². The van der Waals surface area contributed by atoms with Gasteiger partial charge in [-0.25, -0.2) is 9.67 Å². The maximum atomic E-state index is 12.3. The molecule has 1 unspecified atom stereocenters. The standard InChI is InChI=1S/C17H23N5O3/c1-11(22-10-18-9-19-22)15(23)20-12-6-7-13(14(8-12)25-5)21-16(24)17(2,3)4/h6-11H,1-5H3,(H,20,23)(H,21,24). The van der Waals surface area contributed by atoms with Crippen LogP contribution in [-0.2, 0) is 9.59 Å². The van der Waals surface area contributed by atoms with Gasteiger partial charge in [0.15, 0.2) is 0 Å². The highest BCUT2D eigenvalue weighted by Crippen LogP contribution is 2.30. The quantitative estimate of drug-likeness (QED) is 0.867. The minimum atomic E-state index is -0.523. The molecule has 0 fully saturated rings. The molecular weight excluding hydrogens is 322 g/mol. The fourth-order valence-electron chi connectivity index (χ4n) is 1.97. The van der Waals surface area contributed by atoms with Crippen LogP contribution < -0.4 is 15.4 Å². The molecule has 2 aromatic rings. The third kappa shape index (κ3) is 4.56. The van der Waals surface area contributed by atoms with Gasteiger partial charge < -0.3 is 15.4 Å². The molecule has 8 nitrogen and oxygen atoms in total. The van der Waals surface area contributed by atoms with Crippen LogP contribution in [0.25, 0.3) is 0 Å². The third-order valence-electron chi connectivity index (χ3n) is 3.61. The summed E-state index contributed by atoms with van der Waals surface area (Å²) in [6.45, 7) is 7.21. The minimum Gasteiger partial charge on any atom is -0.494 e. The molecule has 0 aliphatic carbocycles. The van der Waals surface area contributed by atoms with Crippen LogP contribution in [0.1, 0.15) is 33.7 Å². The predicted molar refractivity (Wildman–Crippen MR) is 94.4 cm³/mol. The van der Waals surface area contributed by atoms with E-state index < -0.39 is 11.5 Å². The lowest BCUT2D eigenvalue weighted by atomic mass is 9.95. The molecule has 0 spiro atoms. The van der Waals surface area contributed by atoms with E-state index in [9.17, 15) is 9.59 Å². The third-order valence-corrected chi connectivity index (χ3v) is 3.61. The number of methoxy groups -OCH3 is 1. The van der Waals surface area contributed by atoms with E-state index in [2.05, 4.69) is 20.7 Å². The summed E-state index contributed by atoms with van der Waals surface area (Å²) in [7, 11) is 1.51. The van der Waals surface area contributed by atoms with Crippen molar-refractivity contribution in [1.82, 2.24) is 14.8 Å². The number of amides is 2. The van der Waals surface area contributed by atoms with Gasteiger partial charge in [0.2, 0.25) is 11.8 Å². The summed E-state index contributed by atoms with van der Waals surface area (Å²) in [5.74, 6) is 0.102. The fraction of sp³-hybridized carbons (Fsp3) is 0.412. The Labute approximate surface area is 146 Å². The van der Waals surface area contributed by atoms with Crippen molar-refractivity contribution in [2.24, 2.45) is 5.41 Å². The van der Waals surface area contributed by atoms with Crippen LogP contribution in [-0.4, -0.2) is 33.7 Å². The van der Waals surface area contributed by atoms with E-state index in [1.54, 1.807) is 25.1 Å². The van der Waals surface area contributed by atoms with Gasteiger partial charge in [-0.2, -0.15) is 5.10 Å². The van der Waals surface area contributed by atoms with Crippen LogP contribution >= 0.6 is 0 Å². The van der Waals surface area contributed by atoms with Gasteiger partial charge in [-0.05, 0) is 19.1 Å². The molecule has 2 amide bonds. The molecule has 0 radical (unpaired) electrons. The summed E-state index contributed by atoms with van der Waals surface area (Å²) in [4.78, 5) is 28.3. The van der Waals surface area contributed by atoms with Crippen molar-refractivity contribution >= 4 is 23.2 Å². The highest BCUT2D eigenvalue weighted by molar-refractivity contribution is 5.97. The molecule has 0 aliphatic rings. The van der Waals surface area contributed by atoms with Crippen molar-refractivity contribution in [2.45, 2.75) is 33.7 Å². The highest BCUT2D eigenvalue weighted by Gasteiger charge is 2.22. The molecule has 25 heavy (non-hydrogen) atoms. The number of anilines is 2. The number of hydrogen-bond donors (Lipinski definition) is 2. The topological polar surface area (TPSA) is 98.1 Å². The number of carbonyl (C=O) groups excluding carboxylic acids is 2. The Bertz CT molecular complexity index is 750. The van der Waals surface area contributed by atoms with E-state index in [0.29, 0.717) is 17.1 Å². The number of aromatic nitrogens is 3. The molecule has 2 rings (SSSR count). The van der Waals surface area contributed by atoms with Crippen LogP contribution in [0.4, 0.5) is 11.4 Å². The van der Waals surface area contributed by atoms with Gasteiger partial charge in [-0.15, -0.1) is 0 Å². The summed E-state index contributed by atoms with van der Waals surface area (Å²) >= 11 is 0. The zero-order valence-electron chi connectivity index (χ0n) is 15.0. The lowest BCUT2D eigenvalue weighted by Gasteiger charge is -2.19. The van der Waals surface area contributed by atoms with Gasteiger partial charge in [0.25, 0.3) is 0 Å². The van der Waals surface area contributed by atoms with Gasteiger partial charge in [0.05, 0.1) is 12.8 Å². The van der Waals surface area contributed by atoms with Crippen molar-refractivity contribution < 1.29 is 14.3 Å². The Kier molecular flexibility index (Phi) is 5.41. The van der Waals surface area contributed by atoms with Crippen LogP contribution in [0.3, 0.4) is 0 Å². The van der Waals surface area contributed by atoms with Crippen molar-refractivity contribution in [3.63, 3.8) is 0 Å². The highest BCUT2D eigenvalue weighted by atomic mass is 16.5. The summed E-state index contributed by atoms with van der Waals surface area (Å²) in [6.07, 6.45) is 2.86. The number of rotatable bonds is 5. The van der Waals surface area contributed by atoms with Crippen LogP contribution in [0.15, 0.2) is 30.9 Å². The zero-order chi connectivity index (χ0) is 18.6. The Hall–Kier alpha value is -2.90. The first kappa shape index (κ1) is 18.4. The summed E-state index contributed by atoms with van der Waals surface area (Å²) in [5.41, 5.74) is 0.581. The smallest absolute Gasteiger partial charge is 0.249 e. The number of hydrogen-bond acceptors (Lipinski definition) is 5. The molecular formula is C17H23N5O3. The van der Waals surface area contributed by atoms with E-state index in [-0.39, 0.29) is 11.8 Å². The molecule has 0 bridgehead atoms. The zero-order valence-corrected chi connectivity index (χ0v) is 15.0. The number of benzene rings is 1. The molecule has 0 saturated heterocycles. The van der Waals surface area contributed by atoms with Gasteiger partial charge in [-0.3, -0.25) is 9.59 Å². The van der Waals surface area contributed by atoms with Crippen LogP contribution in [0, 0.1) is 5.41 Å². The molecule has 1 atom stereocenters. The second-order valence-corrected chi connectivity index (χ2v) is 6.66. The summed E-state index contributed by atoms with van der Waals surface area (Å²) in [6, 6.07) is 4.55. The molecule has 0 aliphatic heterocycles. The predicted octanol–water partition coefficient (Wildman–Crippen LogP) is 2.47. The Morgan fingerprint density at radius 3 is 2.52 bits per heavy atom. The molecule has 1 aromatic carbocycles. The second-order valence-electron chi connectivity index (χ2n) is 6.66. The number of nitrogens with zero attached hydrogens (tertiary/aromatic N) is 3. The summed E-state index contributed by atoms with van der Waals surface area (Å²) in [5, 5.41) is 9.58. The fourth-order valence-corrected chi connectivity index (χ4v) is 1.97. The van der Waals surface area contributed by atoms with Crippen molar-refractivity contribution in [3.05, 3.63) is 30.9 Å². The van der Waals surface area contributed by atoms with Gasteiger partial charge in [0.1, 0.15) is 24.4 Å². The Morgan fingerprint density at radius 1 is 1.24 bits per heavy atom. The lowest BCUT2D eigenvalue weighted by molar-refractivity contribution is -0.123. The van der Waals surface area contributed by atoms with Crippen LogP contribution in [0.2, 0.25) is 0 Å². The SMILES string of the molecule is COc1cc(NC(=O)C(C)n2cncn2)ccc1NC(=O)C(C)(C)C. The number of nitrogens with one attached hydrogen (secondary N) is 2. The molecule has 0 saturated carbocycles. The van der Waals surface area contributed by atoms with Gasteiger partial charge >= 0.3 is 0 Å². The molecule has 2 N–H and O–H groups in total. The van der Waals surface area contributed by atoms with E-state index in [1.807, 2.05) is 20.8 Å². The van der Waals surface area contributed by atoms with Gasteiger partial charge in [0, 0.05) is 17.2 Å². The first-order valence-corrected chi connectivity index (χ1v) is 7.87. The average Bonchev–Trinajstić information content (AvgIpc) is 3.08. The molecule has 8 heteroatoms. The van der Waals surface area contributed by atoms with Crippen molar-refractivity contribution in [1.29, 1.82) is 0 Å². The molecule has 1 aromatic heterocycles. The van der Waals surface area contributed by atoms with E-state index in [1.165, 1.54) is 24.4 Å².